The van der Waals surface area contributed by atoms with Crippen molar-refractivity contribution < 1.29 is 0 Å². The van der Waals surface area contributed by atoms with E-state index in [2.05, 4.69) is 22.8 Å². The molecular formula is C16H11ClN2. The van der Waals surface area contributed by atoms with Crippen LogP contribution in [0.5, 0.6) is 0 Å². The van der Waals surface area contributed by atoms with E-state index in [0.29, 0.717) is 0 Å². The fourth-order valence-corrected chi connectivity index (χ4v) is 3.08. The summed E-state index contributed by atoms with van der Waals surface area (Å²) in [5, 5.41) is 2.97. The number of hydrogen-bond acceptors (Lipinski definition) is 1. The molecule has 0 aromatic heterocycles. The van der Waals surface area contributed by atoms with Gasteiger partial charge in [0, 0.05) is 23.4 Å². The standard InChI is InChI=1S/C16H11ClN2/c1-19-13-9-5-3-7-11(13)15(17)14-10-6-2-4-8-12(10)18-16(14)19/h2-9H,1H3. The SMILES string of the molecule is Cn1c2nc3ccccc3c-2c(Cl)c2ccccc21. The Morgan fingerprint density at radius 3 is 2.47 bits per heavy atom. The Kier molecular flexibility index (Phi) is 2.12. The molecule has 2 aromatic rings. The average Bonchev–Trinajstić information content (AvgIpc) is 2.84. The van der Waals surface area contributed by atoms with Crippen LogP contribution in [0.1, 0.15) is 0 Å². The smallest absolute Gasteiger partial charge is 0.142 e. The molecule has 2 aliphatic rings. The number of aryl methyl sites for hydroxylation is 1. The Labute approximate surface area is 115 Å². The molecule has 92 valence electrons. The first-order chi connectivity index (χ1) is 9.27. The van der Waals surface area contributed by atoms with Gasteiger partial charge in [0.15, 0.2) is 0 Å². The lowest BCUT2D eigenvalue weighted by atomic mass is 10.1. The monoisotopic (exact) mass is 266 g/mol. The molecule has 0 N–H and O–H groups in total. The normalized spacial score (nSPS) is 11.7. The van der Waals surface area contributed by atoms with Gasteiger partial charge in [0.25, 0.3) is 0 Å². The van der Waals surface area contributed by atoms with Crippen molar-refractivity contribution in [3.8, 4) is 11.4 Å². The van der Waals surface area contributed by atoms with Crippen molar-refractivity contribution >= 4 is 33.4 Å². The Balaban J connectivity index is 2.35. The Hall–Kier alpha value is -2.06. The number of rotatable bonds is 0. The fourth-order valence-electron chi connectivity index (χ4n) is 2.73. The maximum absolute atomic E-state index is 6.61. The Morgan fingerprint density at radius 1 is 0.947 bits per heavy atom. The van der Waals surface area contributed by atoms with Crippen LogP contribution in [-0.2, 0) is 7.05 Å². The molecule has 2 heterocycles. The summed E-state index contributed by atoms with van der Waals surface area (Å²) in [5.41, 5.74) is 3.13. The predicted octanol–water partition coefficient (Wildman–Crippen LogP) is 4.48. The van der Waals surface area contributed by atoms with E-state index < -0.39 is 0 Å². The summed E-state index contributed by atoms with van der Waals surface area (Å²) in [6.45, 7) is 0. The second kappa shape index (κ2) is 3.72. The summed E-state index contributed by atoms with van der Waals surface area (Å²) in [6.07, 6.45) is 0. The molecule has 2 aromatic carbocycles. The van der Waals surface area contributed by atoms with E-state index in [0.717, 1.165) is 38.2 Å². The highest BCUT2D eigenvalue weighted by Gasteiger charge is 2.20. The first-order valence-electron chi connectivity index (χ1n) is 6.19. The van der Waals surface area contributed by atoms with Crippen LogP contribution >= 0.6 is 11.6 Å². The van der Waals surface area contributed by atoms with Gasteiger partial charge in [-0.25, -0.2) is 4.98 Å². The third-order valence-corrected chi connectivity index (χ3v) is 4.05. The average molecular weight is 267 g/mol. The zero-order valence-electron chi connectivity index (χ0n) is 10.4. The van der Waals surface area contributed by atoms with Gasteiger partial charge in [0.05, 0.1) is 16.1 Å². The first-order valence-corrected chi connectivity index (χ1v) is 6.56. The van der Waals surface area contributed by atoms with Gasteiger partial charge in [0.2, 0.25) is 0 Å². The van der Waals surface area contributed by atoms with E-state index in [1.54, 1.807) is 0 Å². The van der Waals surface area contributed by atoms with Crippen molar-refractivity contribution in [1.29, 1.82) is 0 Å². The summed E-state index contributed by atoms with van der Waals surface area (Å²) < 4.78 is 2.11. The van der Waals surface area contributed by atoms with Gasteiger partial charge in [-0.2, -0.15) is 0 Å². The van der Waals surface area contributed by atoms with Gasteiger partial charge < -0.3 is 4.57 Å². The number of halogens is 1. The van der Waals surface area contributed by atoms with Crippen molar-refractivity contribution in [1.82, 2.24) is 9.55 Å². The molecule has 2 nitrogen and oxygen atoms in total. The topological polar surface area (TPSA) is 17.8 Å². The molecule has 3 heteroatoms. The molecule has 2 aliphatic heterocycles. The van der Waals surface area contributed by atoms with Crippen molar-refractivity contribution in [3.05, 3.63) is 53.6 Å². The summed E-state index contributed by atoms with van der Waals surface area (Å²) in [6, 6.07) is 16.3. The van der Waals surface area contributed by atoms with Crippen molar-refractivity contribution in [3.63, 3.8) is 0 Å². The lowest BCUT2D eigenvalue weighted by molar-refractivity contribution is 0.939. The van der Waals surface area contributed by atoms with Crippen molar-refractivity contribution in [2.45, 2.75) is 0 Å². The molecule has 0 atom stereocenters. The second-order valence-corrected chi connectivity index (χ2v) is 5.10. The zero-order valence-corrected chi connectivity index (χ0v) is 11.1. The molecule has 0 spiro atoms. The molecule has 0 unspecified atom stereocenters. The van der Waals surface area contributed by atoms with E-state index in [9.17, 15) is 0 Å². The molecule has 4 rings (SSSR count). The van der Waals surface area contributed by atoms with Crippen LogP contribution in [0.15, 0.2) is 48.5 Å². The second-order valence-electron chi connectivity index (χ2n) is 4.72. The third kappa shape index (κ3) is 1.35. The number of pyridine rings is 1. The van der Waals surface area contributed by atoms with Crippen LogP contribution in [0, 0.1) is 0 Å². The molecular weight excluding hydrogens is 256 g/mol. The van der Waals surface area contributed by atoms with Gasteiger partial charge in [-0.05, 0) is 12.1 Å². The first kappa shape index (κ1) is 10.8. The minimum absolute atomic E-state index is 0.789. The van der Waals surface area contributed by atoms with E-state index in [4.69, 9.17) is 16.6 Å². The number of nitrogens with zero attached hydrogens (tertiary/aromatic N) is 2. The molecule has 0 radical (unpaired) electrons. The molecule has 0 saturated heterocycles. The minimum atomic E-state index is 0.789. The van der Waals surface area contributed by atoms with E-state index in [1.807, 2.05) is 37.4 Å². The van der Waals surface area contributed by atoms with Crippen LogP contribution in [0.3, 0.4) is 0 Å². The molecule has 0 amide bonds. The van der Waals surface area contributed by atoms with E-state index >= 15 is 0 Å². The summed E-state index contributed by atoms with van der Waals surface area (Å²) in [4.78, 5) is 4.70. The maximum atomic E-state index is 6.61. The van der Waals surface area contributed by atoms with Crippen molar-refractivity contribution in [2.75, 3.05) is 0 Å². The van der Waals surface area contributed by atoms with Gasteiger partial charge in [-0.3, -0.25) is 0 Å². The van der Waals surface area contributed by atoms with Gasteiger partial charge in [0.1, 0.15) is 5.82 Å². The molecule has 0 fully saturated rings. The number of benzene rings is 2. The van der Waals surface area contributed by atoms with Crippen molar-refractivity contribution in [2.24, 2.45) is 7.05 Å². The van der Waals surface area contributed by atoms with Crippen LogP contribution in [0.2, 0.25) is 5.02 Å². The number of fused-ring (bicyclic) bond motifs is 4. The fraction of sp³-hybridized carbons (Fsp3) is 0.0625. The summed E-state index contributed by atoms with van der Waals surface area (Å²) in [5.74, 6) is 0.935. The Bertz CT molecular complexity index is 892. The highest BCUT2D eigenvalue weighted by Crippen LogP contribution is 2.40. The summed E-state index contributed by atoms with van der Waals surface area (Å²) in [7, 11) is 2.03. The molecule has 0 aliphatic carbocycles. The lowest BCUT2D eigenvalue weighted by Crippen LogP contribution is -2.00. The quantitative estimate of drug-likeness (QED) is 0.459. The van der Waals surface area contributed by atoms with E-state index in [-0.39, 0.29) is 0 Å². The van der Waals surface area contributed by atoms with Crippen LogP contribution in [-0.4, -0.2) is 9.55 Å². The predicted molar refractivity (Wildman–Crippen MR) is 79.9 cm³/mol. The van der Waals surface area contributed by atoms with Crippen LogP contribution in [0.25, 0.3) is 33.2 Å². The number of para-hydroxylation sites is 2. The van der Waals surface area contributed by atoms with Gasteiger partial charge >= 0.3 is 0 Å². The van der Waals surface area contributed by atoms with Gasteiger partial charge in [-0.1, -0.05) is 48.0 Å². The Morgan fingerprint density at radius 2 is 1.63 bits per heavy atom. The van der Waals surface area contributed by atoms with E-state index in [1.165, 1.54) is 0 Å². The minimum Gasteiger partial charge on any atom is -0.328 e. The molecule has 0 saturated carbocycles. The highest BCUT2D eigenvalue weighted by atomic mass is 35.5. The molecule has 0 bridgehead atoms. The highest BCUT2D eigenvalue weighted by molar-refractivity contribution is 6.39. The molecule has 19 heavy (non-hydrogen) atoms. The zero-order chi connectivity index (χ0) is 13.0. The van der Waals surface area contributed by atoms with Gasteiger partial charge in [-0.15, -0.1) is 0 Å². The van der Waals surface area contributed by atoms with Crippen LogP contribution < -0.4 is 0 Å². The largest absolute Gasteiger partial charge is 0.328 e. The summed E-state index contributed by atoms with van der Waals surface area (Å²) >= 11 is 6.61. The lowest BCUT2D eigenvalue weighted by Gasteiger charge is -2.13. The third-order valence-electron chi connectivity index (χ3n) is 3.66. The maximum Gasteiger partial charge on any atom is 0.142 e. The number of aromatic nitrogens is 2. The number of hydrogen-bond donors (Lipinski definition) is 0. The van der Waals surface area contributed by atoms with Crippen LogP contribution in [0.4, 0.5) is 0 Å².